The minimum absolute atomic E-state index is 0.174. The van der Waals surface area contributed by atoms with Gasteiger partial charge in [0.1, 0.15) is 6.10 Å². The van der Waals surface area contributed by atoms with Crippen LogP contribution in [0.5, 0.6) is 0 Å². The van der Waals surface area contributed by atoms with Crippen molar-refractivity contribution in [3.63, 3.8) is 0 Å². The second kappa shape index (κ2) is 6.71. The largest absolute Gasteiger partial charge is 0.367 e. The van der Waals surface area contributed by atoms with E-state index in [-0.39, 0.29) is 6.10 Å². The average molecular weight is 326 g/mol. The molecule has 6 nitrogen and oxygen atoms in total. The third-order valence-corrected chi connectivity index (χ3v) is 4.35. The van der Waals surface area contributed by atoms with Crippen LogP contribution >= 0.6 is 0 Å². The van der Waals surface area contributed by atoms with Crippen molar-refractivity contribution in [2.75, 3.05) is 19.7 Å². The smallest absolute Gasteiger partial charge is 0.223 e. The van der Waals surface area contributed by atoms with Crippen molar-refractivity contribution in [3.8, 4) is 6.07 Å². The van der Waals surface area contributed by atoms with Crippen LogP contribution in [0.3, 0.4) is 0 Å². The molecule has 0 N–H and O–H groups in total. The zero-order valence-electron chi connectivity index (χ0n) is 14.3. The fraction of sp³-hybridized carbons (Fsp3) is 0.500. The Balaban J connectivity index is 1.76. The van der Waals surface area contributed by atoms with E-state index in [0.717, 1.165) is 18.7 Å². The van der Waals surface area contributed by atoms with E-state index in [9.17, 15) is 5.26 Å². The van der Waals surface area contributed by atoms with Gasteiger partial charge < -0.3 is 9.26 Å². The van der Waals surface area contributed by atoms with Crippen molar-refractivity contribution >= 4 is 0 Å². The van der Waals surface area contributed by atoms with E-state index in [2.05, 4.69) is 27.2 Å². The van der Waals surface area contributed by atoms with Gasteiger partial charge in [-0.1, -0.05) is 29.4 Å². The lowest BCUT2D eigenvalue weighted by atomic mass is 9.83. The van der Waals surface area contributed by atoms with Gasteiger partial charge in [0.05, 0.1) is 18.1 Å². The van der Waals surface area contributed by atoms with Gasteiger partial charge in [-0.25, -0.2) is 0 Å². The van der Waals surface area contributed by atoms with Crippen LogP contribution in [0.2, 0.25) is 0 Å². The van der Waals surface area contributed by atoms with E-state index >= 15 is 0 Å². The Morgan fingerprint density at radius 3 is 2.88 bits per heavy atom. The molecular weight excluding hydrogens is 304 g/mol. The Bertz CT molecular complexity index is 747. The molecule has 1 aliphatic heterocycles. The number of benzene rings is 1. The van der Waals surface area contributed by atoms with Gasteiger partial charge in [0.15, 0.2) is 0 Å². The van der Waals surface area contributed by atoms with Gasteiger partial charge in [-0.3, -0.25) is 4.90 Å². The highest BCUT2D eigenvalue weighted by atomic mass is 16.5. The Hall–Kier alpha value is -2.23. The van der Waals surface area contributed by atoms with Crippen LogP contribution in [0.15, 0.2) is 28.8 Å². The van der Waals surface area contributed by atoms with E-state index in [1.807, 2.05) is 32.0 Å². The average Bonchev–Trinajstić information content (AvgIpc) is 3.02. The third-order valence-electron chi connectivity index (χ3n) is 4.35. The quantitative estimate of drug-likeness (QED) is 0.860. The zero-order chi connectivity index (χ0) is 17.2. The number of nitriles is 1. The van der Waals surface area contributed by atoms with Crippen molar-refractivity contribution in [2.24, 2.45) is 0 Å². The van der Waals surface area contributed by atoms with Crippen LogP contribution in [0, 0.1) is 18.3 Å². The highest BCUT2D eigenvalue weighted by Crippen LogP contribution is 2.28. The van der Waals surface area contributed by atoms with E-state index in [1.165, 1.54) is 5.56 Å². The minimum atomic E-state index is -0.507. The SMILES string of the molecule is Cc1nc([C@H]2CN(Cc3ccccc3C(C)(C)C#N)CCO2)no1. The molecule has 1 aliphatic rings. The first-order valence-electron chi connectivity index (χ1n) is 8.13. The lowest BCUT2D eigenvalue weighted by Gasteiger charge is -2.32. The van der Waals surface area contributed by atoms with E-state index in [0.29, 0.717) is 24.9 Å². The van der Waals surface area contributed by atoms with Crippen LogP contribution in [0.1, 0.15) is 42.8 Å². The Morgan fingerprint density at radius 1 is 1.38 bits per heavy atom. The Morgan fingerprint density at radius 2 is 2.17 bits per heavy atom. The summed E-state index contributed by atoms with van der Waals surface area (Å²) in [6.07, 6.45) is -0.174. The zero-order valence-corrected chi connectivity index (χ0v) is 14.3. The molecule has 126 valence electrons. The number of nitrogens with zero attached hydrogens (tertiary/aromatic N) is 4. The second-order valence-electron chi connectivity index (χ2n) is 6.66. The van der Waals surface area contributed by atoms with Crippen molar-refractivity contribution in [2.45, 2.75) is 38.8 Å². The molecule has 0 bridgehead atoms. The van der Waals surface area contributed by atoms with Crippen LogP contribution in [0.4, 0.5) is 0 Å². The summed E-state index contributed by atoms with van der Waals surface area (Å²) in [6.45, 7) is 8.64. The van der Waals surface area contributed by atoms with Gasteiger partial charge in [-0.15, -0.1) is 0 Å². The number of rotatable bonds is 4. The molecule has 1 aromatic heterocycles. The van der Waals surface area contributed by atoms with Gasteiger partial charge in [0.2, 0.25) is 11.7 Å². The van der Waals surface area contributed by atoms with E-state index in [1.54, 1.807) is 6.92 Å². The number of morpholine rings is 1. The molecule has 0 saturated carbocycles. The topological polar surface area (TPSA) is 75.2 Å². The summed E-state index contributed by atoms with van der Waals surface area (Å²) >= 11 is 0. The molecular formula is C18H22N4O2. The summed E-state index contributed by atoms with van der Waals surface area (Å²) in [5.41, 5.74) is 1.74. The van der Waals surface area contributed by atoms with E-state index < -0.39 is 5.41 Å². The lowest BCUT2D eigenvalue weighted by molar-refractivity contribution is -0.0381. The standard InChI is InChI=1S/C18H22N4O2/c1-13-20-17(21-24-13)16-11-22(8-9-23-16)10-14-6-4-5-7-15(14)18(2,3)12-19/h4-7,16H,8-11H2,1-3H3/t16-/m1/s1. The van der Waals surface area contributed by atoms with Crippen LogP contribution in [-0.4, -0.2) is 34.7 Å². The minimum Gasteiger partial charge on any atom is -0.367 e. The number of ether oxygens (including phenoxy) is 1. The fourth-order valence-electron chi connectivity index (χ4n) is 3.02. The Labute approximate surface area is 142 Å². The molecule has 0 aliphatic carbocycles. The molecule has 1 saturated heterocycles. The van der Waals surface area contributed by atoms with Crippen molar-refractivity contribution in [1.29, 1.82) is 5.26 Å². The molecule has 2 aromatic rings. The number of aromatic nitrogens is 2. The maximum atomic E-state index is 9.46. The maximum absolute atomic E-state index is 9.46. The highest BCUT2D eigenvalue weighted by molar-refractivity contribution is 5.37. The molecule has 0 spiro atoms. The lowest BCUT2D eigenvalue weighted by Crippen LogP contribution is -2.38. The first kappa shape index (κ1) is 16.6. The van der Waals surface area contributed by atoms with Crippen molar-refractivity contribution < 1.29 is 9.26 Å². The number of aryl methyl sites for hydroxylation is 1. The van der Waals surface area contributed by atoms with Gasteiger partial charge in [-0.05, 0) is 25.0 Å². The molecule has 24 heavy (non-hydrogen) atoms. The first-order valence-corrected chi connectivity index (χ1v) is 8.13. The molecule has 1 fully saturated rings. The summed E-state index contributed by atoms with van der Waals surface area (Å²) in [6, 6.07) is 10.5. The first-order chi connectivity index (χ1) is 11.5. The summed E-state index contributed by atoms with van der Waals surface area (Å²) < 4.78 is 10.8. The normalized spacial score (nSPS) is 19.2. The molecule has 0 amide bonds. The summed E-state index contributed by atoms with van der Waals surface area (Å²) in [5.74, 6) is 1.15. The van der Waals surface area contributed by atoms with Crippen LogP contribution < -0.4 is 0 Å². The molecule has 0 unspecified atom stereocenters. The van der Waals surface area contributed by atoms with Gasteiger partial charge in [0.25, 0.3) is 0 Å². The van der Waals surface area contributed by atoms with Crippen molar-refractivity contribution in [3.05, 3.63) is 47.1 Å². The molecule has 0 radical (unpaired) electrons. The molecule has 3 rings (SSSR count). The molecule has 1 atom stereocenters. The predicted octanol–water partition coefficient (Wildman–Crippen LogP) is 2.75. The van der Waals surface area contributed by atoms with E-state index in [4.69, 9.17) is 9.26 Å². The predicted molar refractivity (Wildman–Crippen MR) is 88.1 cm³/mol. The van der Waals surface area contributed by atoms with Crippen molar-refractivity contribution in [1.82, 2.24) is 15.0 Å². The fourth-order valence-corrected chi connectivity index (χ4v) is 3.02. The maximum Gasteiger partial charge on any atom is 0.223 e. The van der Waals surface area contributed by atoms with Crippen LogP contribution in [-0.2, 0) is 16.7 Å². The van der Waals surface area contributed by atoms with Crippen LogP contribution in [0.25, 0.3) is 0 Å². The summed E-state index contributed by atoms with van der Waals surface area (Å²) in [5, 5.41) is 13.4. The van der Waals surface area contributed by atoms with Gasteiger partial charge in [0, 0.05) is 26.6 Å². The highest BCUT2D eigenvalue weighted by Gasteiger charge is 2.28. The van der Waals surface area contributed by atoms with Gasteiger partial charge >= 0.3 is 0 Å². The number of hydrogen-bond donors (Lipinski definition) is 0. The number of hydrogen-bond acceptors (Lipinski definition) is 6. The summed E-state index contributed by atoms with van der Waals surface area (Å²) in [7, 11) is 0. The Kier molecular flexibility index (Phi) is 4.65. The second-order valence-corrected chi connectivity index (χ2v) is 6.66. The van der Waals surface area contributed by atoms with Gasteiger partial charge in [-0.2, -0.15) is 10.2 Å². The third kappa shape index (κ3) is 3.48. The molecule has 2 heterocycles. The monoisotopic (exact) mass is 326 g/mol. The molecule has 6 heteroatoms. The summed E-state index contributed by atoms with van der Waals surface area (Å²) in [4.78, 5) is 6.59. The molecule has 1 aromatic carbocycles.